The van der Waals surface area contributed by atoms with Crippen molar-refractivity contribution in [1.29, 1.82) is 0 Å². The van der Waals surface area contributed by atoms with Gasteiger partial charge in [0.1, 0.15) is 5.82 Å². The molecule has 3 rings (SSSR count). The Labute approximate surface area is 177 Å². The summed E-state index contributed by atoms with van der Waals surface area (Å²) in [7, 11) is 3.55. The number of para-hydroxylation sites is 1. The minimum atomic E-state index is -0.220. The van der Waals surface area contributed by atoms with Gasteiger partial charge >= 0.3 is 0 Å². The molecule has 1 saturated heterocycles. The van der Waals surface area contributed by atoms with Gasteiger partial charge in [0.25, 0.3) is 0 Å². The lowest BCUT2D eigenvalue weighted by molar-refractivity contribution is -0.132. The predicted molar refractivity (Wildman–Crippen MR) is 116 cm³/mol. The number of piperazine rings is 1. The zero-order chi connectivity index (χ0) is 21.5. The van der Waals surface area contributed by atoms with Crippen LogP contribution < -0.4 is 14.4 Å². The summed E-state index contributed by atoms with van der Waals surface area (Å²) >= 11 is 0. The van der Waals surface area contributed by atoms with E-state index in [1.54, 1.807) is 19.2 Å². The van der Waals surface area contributed by atoms with Crippen molar-refractivity contribution in [3.05, 3.63) is 53.8 Å². The second-order valence-electron chi connectivity index (χ2n) is 7.41. The second kappa shape index (κ2) is 10.3. The van der Waals surface area contributed by atoms with Crippen LogP contribution in [0.4, 0.5) is 10.1 Å². The summed E-state index contributed by atoms with van der Waals surface area (Å²) in [6.07, 6.45) is 0. The van der Waals surface area contributed by atoms with E-state index in [0.29, 0.717) is 57.3 Å². The molecule has 0 aliphatic carbocycles. The van der Waals surface area contributed by atoms with Crippen LogP contribution in [0.1, 0.15) is 12.5 Å². The standard InChI is InChI=1S/C23H30FN3O3/c1-4-30-21-10-9-18(15-22(21)29-3)16-25(2)17-23(28)27-13-11-26(12-14-27)20-8-6-5-7-19(20)24/h5-10,15H,4,11-14,16-17H2,1-3H3. The van der Waals surface area contributed by atoms with Gasteiger partial charge in [-0.25, -0.2) is 4.39 Å². The molecule has 1 amide bonds. The minimum absolute atomic E-state index is 0.0867. The first-order chi connectivity index (χ1) is 14.5. The van der Waals surface area contributed by atoms with Crippen molar-refractivity contribution in [2.45, 2.75) is 13.5 Å². The van der Waals surface area contributed by atoms with Crippen LogP contribution in [0.25, 0.3) is 0 Å². The lowest BCUT2D eigenvalue weighted by Crippen LogP contribution is -2.51. The predicted octanol–water partition coefficient (Wildman–Crippen LogP) is 3.01. The molecule has 0 saturated carbocycles. The van der Waals surface area contributed by atoms with Gasteiger partial charge in [-0.1, -0.05) is 18.2 Å². The van der Waals surface area contributed by atoms with E-state index in [2.05, 4.69) is 0 Å². The second-order valence-corrected chi connectivity index (χ2v) is 7.41. The fourth-order valence-electron chi connectivity index (χ4n) is 3.69. The van der Waals surface area contributed by atoms with Crippen molar-refractivity contribution < 1.29 is 18.7 Å². The topological polar surface area (TPSA) is 45.2 Å². The zero-order valence-corrected chi connectivity index (χ0v) is 17.9. The monoisotopic (exact) mass is 415 g/mol. The number of hydrogen-bond acceptors (Lipinski definition) is 5. The number of halogens is 1. The van der Waals surface area contributed by atoms with Gasteiger partial charge in [-0.2, -0.15) is 0 Å². The Bertz CT molecular complexity index is 853. The van der Waals surface area contributed by atoms with E-state index >= 15 is 0 Å². The molecule has 0 aromatic heterocycles. The number of benzene rings is 2. The number of anilines is 1. The largest absolute Gasteiger partial charge is 0.493 e. The first-order valence-electron chi connectivity index (χ1n) is 10.3. The Kier molecular flexibility index (Phi) is 7.52. The molecule has 1 heterocycles. The van der Waals surface area contributed by atoms with E-state index in [4.69, 9.17) is 9.47 Å². The smallest absolute Gasteiger partial charge is 0.236 e. The van der Waals surface area contributed by atoms with Gasteiger partial charge in [-0.05, 0) is 43.8 Å². The maximum Gasteiger partial charge on any atom is 0.236 e. The van der Waals surface area contributed by atoms with Crippen LogP contribution in [-0.4, -0.2) is 69.2 Å². The van der Waals surface area contributed by atoms with Crippen LogP contribution in [0.3, 0.4) is 0 Å². The van der Waals surface area contributed by atoms with Crippen molar-refractivity contribution in [2.24, 2.45) is 0 Å². The van der Waals surface area contributed by atoms with Gasteiger partial charge in [-0.3, -0.25) is 9.69 Å². The maximum atomic E-state index is 14.0. The van der Waals surface area contributed by atoms with E-state index in [1.807, 2.05) is 52.9 Å². The molecule has 1 aliphatic heterocycles. The number of hydrogen-bond donors (Lipinski definition) is 0. The highest BCUT2D eigenvalue weighted by Gasteiger charge is 2.23. The zero-order valence-electron chi connectivity index (χ0n) is 17.9. The summed E-state index contributed by atoms with van der Waals surface area (Å²) in [5.41, 5.74) is 1.65. The Morgan fingerprint density at radius 2 is 1.83 bits per heavy atom. The molecule has 1 aliphatic rings. The molecule has 0 spiro atoms. The van der Waals surface area contributed by atoms with Gasteiger partial charge in [0, 0.05) is 32.7 Å². The molecule has 162 valence electrons. The van der Waals surface area contributed by atoms with Gasteiger partial charge < -0.3 is 19.3 Å². The molecule has 0 atom stereocenters. The van der Waals surface area contributed by atoms with E-state index in [1.165, 1.54) is 6.07 Å². The maximum absolute atomic E-state index is 14.0. The third kappa shape index (κ3) is 5.42. The molecular formula is C23H30FN3O3. The number of likely N-dealkylation sites (N-methyl/N-ethyl adjacent to an activating group) is 1. The fourth-order valence-corrected chi connectivity index (χ4v) is 3.69. The Morgan fingerprint density at radius 1 is 1.10 bits per heavy atom. The summed E-state index contributed by atoms with van der Waals surface area (Å²) in [6.45, 7) is 5.92. The minimum Gasteiger partial charge on any atom is -0.493 e. The molecule has 0 unspecified atom stereocenters. The molecule has 6 nitrogen and oxygen atoms in total. The van der Waals surface area contributed by atoms with Crippen LogP contribution in [0.15, 0.2) is 42.5 Å². The highest BCUT2D eigenvalue weighted by atomic mass is 19.1. The number of carbonyl (C=O) groups excluding carboxylic acids is 1. The van der Waals surface area contributed by atoms with Crippen molar-refractivity contribution in [3.8, 4) is 11.5 Å². The number of nitrogens with zero attached hydrogens (tertiary/aromatic N) is 3. The Hall–Kier alpha value is -2.80. The van der Waals surface area contributed by atoms with Crippen LogP contribution >= 0.6 is 0 Å². The summed E-state index contributed by atoms with van der Waals surface area (Å²) in [4.78, 5) is 18.6. The molecule has 7 heteroatoms. The summed E-state index contributed by atoms with van der Waals surface area (Å²) in [6, 6.07) is 12.6. The van der Waals surface area contributed by atoms with E-state index in [-0.39, 0.29) is 11.7 Å². The molecule has 0 N–H and O–H groups in total. The lowest BCUT2D eigenvalue weighted by Gasteiger charge is -2.36. The van der Waals surface area contributed by atoms with Crippen LogP contribution in [0, 0.1) is 5.82 Å². The van der Waals surface area contributed by atoms with Gasteiger partial charge in [0.05, 0.1) is 25.9 Å². The molecule has 30 heavy (non-hydrogen) atoms. The number of amides is 1. The number of rotatable bonds is 8. The summed E-state index contributed by atoms with van der Waals surface area (Å²) in [5, 5.41) is 0. The first-order valence-corrected chi connectivity index (χ1v) is 10.3. The normalized spacial score (nSPS) is 14.2. The van der Waals surface area contributed by atoms with Gasteiger partial charge in [0.15, 0.2) is 11.5 Å². The number of carbonyl (C=O) groups is 1. The highest BCUT2D eigenvalue weighted by molar-refractivity contribution is 5.78. The average molecular weight is 416 g/mol. The fraction of sp³-hybridized carbons (Fsp3) is 0.435. The van der Waals surface area contributed by atoms with Crippen molar-refractivity contribution >= 4 is 11.6 Å². The third-order valence-corrected chi connectivity index (χ3v) is 5.21. The van der Waals surface area contributed by atoms with Crippen molar-refractivity contribution in [2.75, 3.05) is 58.4 Å². The molecule has 0 radical (unpaired) electrons. The van der Waals surface area contributed by atoms with E-state index in [9.17, 15) is 9.18 Å². The SMILES string of the molecule is CCOc1ccc(CN(C)CC(=O)N2CCN(c3ccccc3F)CC2)cc1OC. The average Bonchev–Trinajstić information content (AvgIpc) is 2.75. The van der Waals surface area contributed by atoms with Crippen LogP contribution in [-0.2, 0) is 11.3 Å². The molecular weight excluding hydrogens is 385 g/mol. The Balaban J connectivity index is 1.51. The van der Waals surface area contributed by atoms with Gasteiger partial charge in [0.2, 0.25) is 5.91 Å². The van der Waals surface area contributed by atoms with Crippen LogP contribution in [0.5, 0.6) is 11.5 Å². The van der Waals surface area contributed by atoms with Gasteiger partial charge in [-0.15, -0.1) is 0 Å². The quantitative estimate of drug-likeness (QED) is 0.663. The molecule has 2 aromatic rings. The van der Waals surface area contributed by atoms with Crippen LogP contribution in [0.2, 0.25) is 0 Å². The molecule has 1 fully saturated rings. The van der Waals surface area contributed by atoms with Crippen molar-refractivity contribution in [3.63, 3.8) is 0 Å². The highest BCUT2D eigenvalue weighted by Crippen LogP contribution is 2.28. The summed E-state index contributed by atoms with van der Waals surface area (Å²) in [5.74, 6) is 1.28. The molecule has 0 bridgehead atoms. The van der Waals surface area contributed by atoms with E-state index in [0.717, 1.165) is 11.3 Å². The summed E-state index contributed by atoms with van der Waals surface area (Å²) < 4.78 is 24.9. The lowest BCUT2D eigenvalue weighted by atomic mass is 10.2. The van der Waals surface area contributed by atoms with E-state index < -0.39 is 0 Å². The Morgan fingerprint density at radius 3 is 2.50 bits per heavy atom. The number of ether oxygens (including phenoxy) is 2. The third-order valence-electron chi connectivity index (χ3n) is 5.21. The first kappa shape index (κ1) is 21.9. The number of methoxy groups -OCH3 is 1. The molecule has 2 aromatic carbocycles. The van der Waals surface area contributed by atoms with Crippen molar-refractivity contribution in [1.82, 2.24) is 9.80 Å².